The van der Waals surface area contributed by atoms with E-state index in [2.05, 4.69) is 10.4 Å². The van der Waals surface area contributed by atoms with Gasteiger partial charge in [0.25, 0.3) is 0 Å². The molecule has 124 valence electrons. The number of amidine groups is 1. The predicted octanol–water partition coefficient (Wildman–Crippen LogP) is 3.28. The largest absolute Gasteiger partial charge is 0.752 e. The highest BCUT2D eigenvalue weighted by molar-refractivity contribution is 8.04. The molecule has 0 saturated carbocycles. The zero-order chi connectivity index (χ0) is 16.3. The predicted molar refractivity (Wildman–Crippen MR) is 91.9 cm³/mol. The number of rotatable bonds is 1. The van der Waals surface area contributed by atoms with Crippen molar-refractivity contribution in [3.63, 3.8) is 0 Å². The van der Waals surface area contributed by atoms with Gasteiger partial charge in [0.1, 0.15) is 11.6 Å². The number of thioether (sulfide) groups is 1. The number of hydrazone groups is 1. The molecule has 7 heteroatoms. The maximum absolute atomic E-state index is 14.1. The number of nitrogens with one attached hydrogen (secondary N) is 1. The van der Waals surface area contributed by atoms with Gasteiger partial charge in [0.05, 0.1) is 17.6 Å². The summed E-state index contributed by atoms with van der Waals surface area (Å²) in [5.74, 6) is 0.273. The van der Waals surface area contributed by atoms with Crippen LogP contribution in [0.1, 0.15) is 31.2 Å². The van der Waals surface area contributed by atoms with Crippen molar-refractivity contribution in [1.29, 1.82) is 0 Å². The van der Waals surface area contributed by atoms with Gasteiger partial charge in [0.15, 0.2) is 5.84 Å². The van der Waals surface area contributed by atoms with Gasteiger partial charge in [-0.15, -0.1) is 11.8 Å². The van der Waals surface area contributed by atoms with Crippen LogP contribution in [-0.2, 0) is 0 Å². The molecule has 0 saturated heterocycles. The van der Waals surface area contributed by atoms with Crippen molar-refractivity contribution in [2.24, 2.45) is 5.10 Å². The third-order valence-electron chi connectivity index (χ3n) is 4.89. The van der Waals surface area contributed by atoms with Crippen LogP contribution in [0.4, 0.5) is 4.39 Å². The van der Waals surface area contributed by atoms with Crippen molar-refractivity contribution >= 4 is 17.6 Å². The van der Waals surface area contributed by atoms with Crippen LogP contribution in [0.3, 0.4) is 0 Å². The van der Waals surface area contributed by atoms with Crippen molar-refractivity contribution in [3.8, 4) is 0 Å². The average Bonchev–Trinajstić information content (AvgIpc) is 3.13. The van der Waals surface area contributed by atoms with E-state index in [4.69, 9.17) is 0 Å². The quantitative estimate of drug-likeness (QED) is 0.848. The Labute approximate surface area is 143 Å². The van der Waals surface area contributed by atoms with Crippen LogP contribution < -0.4 is 5.32 Å². The maximum atomic E-state index is 14.1. The zero-order valence-electron chi connectivity index (χ0n) is 13.0. The first kappa shape index (κ1) is 14.5. The number of nitrogens with zero attached hydrogens (tertiary/aromatic N) is 3. The van der Waals surface area contributed by atoms with E-state index in [1.54, 1.807) is 23.2 Å². The fraction of sp³-hybridized carbons (Fsp3) is 0.353. The SMILES string of the molecule is [O-]N1C(c2ccccc2F)=NN2CNC3SC4=C(CCCC4)C3=C21. The Bertz CT molecular complexity index is 819. The molecule has 1 aliphatic carbocycles. The van der Waals surface area contributed by atoms with E-state index in [1.165, 1.54) is 23.0 Å². The summed E-state index contributed by atoms with van der Waals surface area (Å²) >= 11 is 1.82. The van der Waals surface area contributed by atoms with Crippen molar-refractivity contribution in [2.45, 2.75) is 31.1 Å². The lowest BCUT2D eigenvalue weighted by Crippen LogP contribution is -2.43. The second kappa shape index (κ2) is 5.34. The summed E-state index contributed by atoms with van der Waals surface area (Å²) in [5.41, 5.74) is 2.59. The minimum absolute atomic E-state index is 0.117. The molecule has 3 heterocycles. The van der Waals surface area contributed by atoms with E-state index in [0.29, 0.717) is 12.5 Å². The first-order chi connectivity index (χ1) is 11.7. The van der Waals surface area contributed by atoms with E-state index < -0.39 is 5.82 Å². The first-order valence-electron chi connectivity index (χ1n) is 8.19. The van der Waals surface area contributed by atoms with E-state index in [1.807, 2.05) is 11.8 Å². The minimum Gasteiger partial charge on any atom is -0.752 e. The molecule has 1 atom stereocenters. The van der Waals surface area contributed by atoms with Gasteiger partial charge in [-0.25, -0.2) is 9.40 Å². The Morgan fingerprint density at radius 1 is 1.25 bits per heavy atom. The van der Waals surface area contributed by atoms with Crippen LogP contribution in [0.15, 0.2) is 51.2 Å². The highest BCUT2D eigenvalue weighted by atomic mass is 32.2. The second-order valence-corrected chi connectivity index (χ2v) is 7.50. The molecule has 0 amide bonds. The normalized spacial score (nSPS) is 25.8. The monoisotopic (exact) mass is 343 g/mol. The summed E-state index contributed by atoms with van der Waals surface area (Å²) in [4.78, 5) is 1.40. The summed E-state index contributed by atoms with van der Waals surface area (Å²) in [6.07, 6.45) is 4.47. The van der Waals surface area contributed by atoms with E-state index in [0.717, 1.165) is 29.9 Å². The van der Waals surface area contributed by atoms with Crippen molar-refractivity contribution in [3.05, 3.63) is 62.7 Å². The summed E-state index contributed by atoms with van der Waals surface area (Å²) in [7, 11) is 0. The standard InChI is InChI=1S/C17H16FN4OS/c18-12-7-3-1-5-10(12)15-20-21-9-19-16-14(17(21)22(15)23)11-6-2-4-8-13(11)24-16/h1,3,5,7,16,19H,2,4,6,8-9H2/q-1. The van der Waals surface area contributed by atoms with Gasteiger partial charge >= 0.3 is 0 Å². The van der Waals surface area contributed by atoms with E-state index >= 15 is 0 Å². The summed E-state index contributed by atoms with van der Waals surface area (Å²) in [5, 5.41) is 23.4. The maximum Gasteiger partial charge on any atom is 0.154 e. The van der Waals surface area contributed by atoms with Crippen LogP contribution in [0.5, 0.6) is 0 Å². The average molecular weight is 343 g/mol. The molecule has 1 aromatic carbocycles. The van der Waals surface area contributed by atoms with E-state index in [-0.39, 0.29) is 16.8 Å². The minimum atomic E-state index is -0.426. The molecule has 5 nitrogen and oxygen atoms in total. The Morgan fingerprint density at radius 3 is 2.96 bits per heavy atom. The lowest BCUT2D eigenvalue weighted by Gasteiger charge is -2.36. The molecule has 0 aromatic heterocycles. The fourth-order valence-electron chi connectivity index (χ4n) is 3.79. The summed E-state index contributed by atoms with van der Waals surface area (Å²) in [6.45, 7) is 0.466. The molecule has 0 radical (unpaired) electrons. The highest BCUT2D eigenvalue weighted by Gasteiger charge is 2.41. The molecule has 1 N–H and O–H groups in total. The molecular formula is C17H16FN4OS-. The van der Waals surface area contributed by atoms with Crippen molar-refractivity contribution in [2.75, 3.05) is 6.67 Å². The number of hydrogen-bond acceptors (Lipinski definition) is 6. The Hall–Kier alpha value is -1.83. The number of allylic oxidation sites excluding steroid dienone is 1. The third kappa shape index (κ3) is 1.98. The molecular weight excluding hydrogens is 327 g/mol. The molecule has 4 aliphatic rings. The van der Waals surface area contributed by atoms with Gasteiger partial charge in [0, 0.05) is 5.57 Å². The van der Waals surface area contributed by atoms with Crippen LogP contribution in [0.2, 0.25) is 0 Å². The summed E-state index contributed by atoms with van der Waals surface area (Å²) in [6, 6.07) is 6.29. The van der Waals surface area contributed by atoms with Gasteiger partial charge in [-0.05, 0) is 48.3 Å². The number of hydroxylamine groups is 2. The van der Waals surface area contributed by atoms with Crippen molar-refractivity contribution in [1.82, 2.24) is 15.4 Å². The van der Waals surface area contributed by atoms with Gasteiger partial charge < -0.3 is 10.3 Å². The van der Waals surface area contributed by atoms with Gasteiger partial charge in [-0.2, -0.15) is 5.10 Å². The van der Waals surface area contributed by atoms with Crippen LogP contribution in [0, 0.1) is 11.0 Å². The van der Waals surface area contributed by atoms with Gasteiger partial charge in [-0.3, -0.25) is 5.32 Å². The van der Waals surface area contributed by atoms with Gasteiger partial charge in [0.2, 0.25) is 0 Å². The Morgan fingerprint density at radius 2 is 2.08 bits per heavy atom. The smallest absolute Gasteiger partial charge is 0.154 e. The Kier molecular flexibility index (Phi) is 3.23. The fourth-order valence-corrected chi connectivity index (χ4v) is 5.21. The lowest BCUT2D eigenvalue weighted by molar-refractivity contribution is 0.288. The lowest BCUT2D eigenvalue weighted by atomic mass is 9.92. The number of benzene rings is 1. The first-order valence-corrected chi connectivity index (χ1v) is 9.07. The molecule has 0 bridgehead atoms. The molecule has 3 aliphatic heterocycles. The van der Waals surface area contributed by atoms with E-state index in [9.17, 15) is 9.60 Å². The molecule has 0 fully saturated rings. The van der Waals surface area contributed by atoms with Crippen LogP contribution >= 0.6 is 11.8 Å². The second-order valence-electron chi connectivity index (χ2n) is 6.30. The topological polar surface area (TPSA) is 53.9 Å². The Balaban J connectivity index is 1.62. The molecule has 0 spiro atoms. The number of hydrogen-bond donors (Lipinski definition) is 1. The number of fused-ring (bicyclic) bond motifs is 3. The molecule has 24 heavy (non-hydrogen) atoms. The molecule has 1 aromatic rings. The molecule has 5 rings (SSSR count). The summed E-state index contributed by atoms with van der Waals surface area (Å²) < 4.78 is 14.1. The van der Waals surface area contributed by atoms with Crippen LogP contribution in [-0.4, -0.2) is 28.0 Å². The number of halogens is 1. The van der Waals surface area contributed by atoms with Crippen molar-refractivity contribution < 1.29 is 4.39 Å². The van der Waals surface area contributed by atoms with Gasteiger partial charge in [-0.1, -0.05) is 12.1 Å². The zero-order valence-corrected chi connectivity index (χ0v) is 13.8. The highest BCUT2D eigenvalue weighted by Crippen LogP contribution is 2.51. The third-order valence-corrected chi connectivity index (χ3v) is 6.26. The van der Waals surface area contributed by atoms with Crippen LogP contribution in [0.25, 0.3) is 0 Å². The molecule has 1 unspecified atom stereocenters.